The van der Waals surface area contributed by atoms with Crippen molar-refractivity contribution in [3.05, 3.63) is 71.1 Å². The molecule has 2 aromatic carbocycles. The largest absolute Gasteiger partial charge is 0.361 e. The maximum absolute atomic E-state index is 6.13. The molecule has 0 saturated heterocycles. The third-order valence-electron chi connectivity index (χ3n) is 3.75. The highest BCUT2D eigenvalue weighted by Crippen LogP contribution is 2.26. The van der Waals surface area contributed by atoms with Gasteiger partial charge in [0.05, 0.1) is 5.69 Å². The lowest BCUT2D eigenvalue weighted by molar-refractivity contribution is 0.961. The third kappa shape index (κ3) is 2.06. The number of rotatable bonds is 2. The van der Waals surface area contributed by atoms with Crippen LogP contribution in [0.4, 0.5) is 0 Å². The van der Waals surface area contributed by atoms with E-state index in [9.17, 15) is 0 Å². The van der Waals surface area contributed by atoms with Gasteiger partial charge in [0.15, 0.2) is 5.15 Å². The molecule has 0 fully saturated rings. The van der Waals surface area contributed by atoms with Gasteiger partial charge in [-0.15, -0.1) is 5.10 Å². The number of nitrogens with one attached hydrogen (secondary N) is 1. The Kier molecular flexibility index (Phi) is 2.86. The summed E-state index contributed by atoms with van der Waals surface area (Å²) in [5, 5.41) is 12.0. The van der Waals surface area contributed by atoms with Crippen LogP contribution in [-0.2, 0) is 6.42 Å². The molecule has 0 bridgehead atoms. The van der Waals surface area contributed by atoms with E-state index in [1.54, 1.807) is 0 Å². The lowest BCUT2D eigenvalue weighted by atomic mass is 10.0. The van der Waals surface area contributed by atoms with E-state index >= 15 is 0 Å². The first-order valence-corrected chi connectivity index (χ1v) is 7.15. The molecule has 0 aliphatic heterocycles. The number of hydrogen-bond acceptors (Lipinski definition) is 2. The zero-order valence-electron chi connectivity index (χ0n) is 11.2. The lowest BCUT2D eigenvalue weighted by Crippen LogP contribution is -1.97. The number of nitrogens with zero attached hydrogens (tertiary/aromatic N) is 2. The van der Waals surface area contributed by atoms with Gasteiger partial charge in [0.25, 0.3) is 0 Å². The lowest BCUT2D eigenvalue weighted by Gasteiger charge is -2.05. The maximum atomic E-state index is 6.13. The van der Waals surface area contributed by atoms with Crippen LogP contribution in [0.25, 0.3) is 21.7 Å². The van der Waals surface area contributed by atoms with Gasteiger partial charge in [-0.25, -0.2) is 0 Å². The fourth-order valence-corrected chi connectivity index (χ4v) is 2.92. The van der Waals surface area contributed by atoms with E-state index in [-0.39, 0.29) is 0 Å². The van der Waals surface area contributed by atoms with Crippen LogP contribution in [0.2, 0.25) is 5.15 Å². The van der Waals surface area contributed by atoms with E-state index in [4.69, 9.17) is 11.6 Å². The number of para-hydroxylation sites is 1. The van der Waals surface area contributed by atoms with Gasteiger partial charge in [0.1, 0.15) is 0 Å². The molecule has 2 aromatic heterocycles. The third-order valence-corrected chi connectivity index (χ3v) is 4.03. The minimum absolute atomic E-state index is 0.452. The van der Waals surface area contributed by atoms with Gasteiger partial charge in [-0.3, -0.25) is 0 Å². The van der Waals surface area contributed by atoms with Crippen LogP contribution in [0.15, 0.2) is 54.7 Å². The highest BCUT2D eigenvalue weighted by Gasteiger charge is 2.10. The van der Waals surface area contributed by atoms with Crippen molar-refractivity contribution in [1.29, 1.82) is 0 Å². The number of fused-ring (bicyclic) bond motifs is 2. The predicted molar refractivity (Wildman–Crippen MR) is 85.7 cm³/mol. The van der Waals surface area contributed by atoms with Crippen molar-refractivity contribution in [3.8, 4) is 0 Å². The summed E-state index contributed by atoms with van der Waals surface area (Å²) in [7, 11) is 0. The van der Waals surface area contributed by atoms with Gasteiger partial charge in [-0.05, 0) is 11.6 Å². The summed E-state index contributed by atoms with van der Waals surface area (Å²) in [6, 6.07) is 16.2. The summed E-state index contributed by atoms with van der Waals surface area (Å²) in [4.78, 5) is 3.29. The first-order valence-electron chi connectivity index (χ1n) is 6.78. The Morgan fingerprint density at radius 1 is 0.857 bits per heavy atom. The van der Waals surface area contributed by atoms with Crippen molar-refractivity contribution in [2.75, 3.05) is 0 Å². The van der Waals surface area contributed by atoms with Gasteiger partial charge in [-0.1, -0.05) is 54.1 Å². The van der Waals surface area contributed by atoms with Crippen molar-refractivity contribution in [1.82, 2.24) is 15.2 Å². The van der Waals surface area contributed by atoms with E-state index in [0.29, 0.717) is 5.15 Å². The average Bonchev–Trinajstić information content (AvgIpc) is 2.94. The number of aromatic amines is 1. The minimum atomic E-state index is 0.452. The van der Waals surface area contributed by atoms with Crippen molar-refractivity contribution < 1.29 is 0 Å². The summed E-state index contributed by atoms with van der Waals surface area (Å²) in [6.07, 6.45) is 2.77. The molecule has 1 N–H and O–H groups in total. The van der Waals surface area contributed by atoms with Crippen LogP contribution in [0, 0.1) is 0 Å². The Labute approximate surface area is 126 Å². The molecule has 102 valence electrons. The molecule has 4 rings (SSSR count). The first-order chi connectivity index (χ1) is 10.3. The molecule has 4 aromatic rings. The zero-order chi connectivity index (χ0) is 14.2. The minimum Gasteiger partial charge on any atom is -0.361 e. The highest BCUT2D eigenvalue weighted by molar-refractivity contribution is 6.34. The molecule has 0 amide bonds. The number of hydrogen-bond donors (Lipinski definition) is 1. The van der Waals surface area contributed by atoms with E-state index < -0.39 is 0 Å². The Morgan fingerprint density at radius 2 is 1.57 bits per heavy atom. The van der Waals surface area contributed by atoms with Crippen LogP contribution in [0.5, 0.6) is 0 Å². The van der Waals surface area contributed by atoms with Crippen LogP contribution in [-0.4, -0.2) is 15.2 Å². The molecule has 0 radical (unpaired) electrons. The molecule has 2 heterocycles. The molecule has 0 spiro atoms. The summed E-state index contributed by atoms with van der Waals surface area (Å²) >= 11 is 6.13. The van der Waals surface area contributed by atoms with Crippen molar-refractivity contribution in [2.24, 2.45) is 0 Å². The van der Waals surface area contributed by atoms with E-state index in [1.807, 2.05) is 42.6 Å². The van der Waals surface area contributed by atoms with Crippen LogP contribution >= 0.6 is 11.6 Å². The van der Waals surface area contributed by atoms with E-state index in [0.717, 1.165) is 28.4 Å². The standard InChI is InChI=1S/C17H12ClN3/c18-17-14-7-2-1-6-13(14)16(20-21-17)9-11-10-19-15-8-4-3-5-12(11)15/h1-8,10,19H,9H2. The first kappa shape index (κ1) is 12.4. The molecular weight excluding hydrogens is 282 g/mol. The van der Waals surface area contributed by atoms with E-state index in [2.05, 4.69) is 27.3 Å². The fraction of sp³-hybridized carbons (Fsp3) is 0.0588. The molecule has 0 atom stereocenters. The average molecular weight is 294 g/mol. The molecule has 21 heavy (non-hydrogen) atoms. The van der Waals surface area contributed by atoms with Crippen LogP contribution < -0.4 is 0 Å². The number of aromatic nitrogens is 3. The Balaban J connectivity index is 1.86. The molecule has 3 nitrogen and oxygen atoms in total. The van der Waals surface area contributed by atoms with Gasteiger partial charge in [0, 0.05) is 34.3 Å². The number of benzene rings is 2. The number of halogens is 1. The second kappa shape index (κ2) is 4.86. The predicted octanol–water partition coefficient (Wildman–Crippen LogP) is 4.36. The summed E-state index contributed by atoms with van der Waals surface area (Å²) in [5.74, 6) is 0. The molecule has 0 aliphatic rings. The monoisotopic (exact) mass is 293 g/mol. The summed E-state index contributed by atoms with van der Waals surface area (Å²) < 4.78 is 0. The van der Waals surface area contributed by atoms with Gasteiger partial charge >= 0.3 is 0 Å². The Hall–Kier alpha value is -2.39. The molecular formula is C17H12ClN3. The Morgan fingerprint density at radius 3 is 2.43 bits per heavy atom. The summed E-state index contributed by atoms with van der Waals surface area (Å²) in [5.41, 5.74) is 3.30. The quantitative estimate of drug-likeness (QED) is 0.597. The molecule has 0 saturated carbocycles. The Bertz CT molecular complexity index is 943. The summed E-state index contributed by atoms with van der Waals surface area (Å²) in [6.45, 7) is 0. The maximum Gasteiger partial charge on any atom is 0.159 e. The molecule has 4 heteroatoms. The van der Waals surface area contributed by atoms with Crippen molar-refractivity contribution in [2.45, 2.75) is 6.42 Å². The van der Waals surface area contributed by atoms with Crippen molar-refractivity contribution in [3.63, 3.8) is 0 Å². The van der Waals surface area contributed by atoms with Crippen molar-refractivity contribution >= 4 is 33.3 Å². The topological polar surface area (TPSA) is 41.6 Å². The normalized spacial score (nSPS) is 11.3. The zero-order valence-corrected chi connectivity index (χ0v) is 11.9. The highest BCUT2D eigenvalue weighted by atomic mass is 35.5. The van der Waals surface area contributed by atoms with Gasteiger partial charge < -0.3 is 4.98 Å². The number of H-pyrrole nitrogens is 1. The SMILES string of the molecule is Clc1nnc(Cc2c[nH]c3ccccc23)c2ccccc12. The second-order valence-electron chi connectivity index (χ2n) is 5.02. The fourth-order valence-electron chi connectivity index (χ4n) is 2.72. The smallest absolute Gasteiger partial charge is 0.159 e. The molecule has 0 aliphatic carbocycles. The second-order valence-corrected chi connectivity index (χ2v) is 5.38. The van der Waals surface area contributed by atoms with Crippen LogP contribution in [0.1, 0.15) is 11.3 Å². The van der Waals surface area contributed by atoms with Crippen LogP contribution in [0.3, 0.4) is 0 Å². The van der Waals surface area contributed by atoms with Gasteiger partial charge in [0.2, 0.25) is 0 Å². The van der Waals surface area contributed by atoms with E-state index in [1.165, 1.54) is 10.9 Å². The molecule has 0 unspecified atom stereocenters. The van der Waals surface area contributed by atoms with Gasteiger partial charge in [-0.2, -0.15) is 5.10 Å².